The summed E-state index contributed by atoms with van der Waals surface area (Å²) in [7, 11) is 0. The molecule has 1 aromatic carbocycles. The van der Waals surface area contributed by atoms with Crippen molar-refractivity contribution in [2.45, 2.75) is 25.3 Å². The van der Waals surface area contributed by atoms with E-state index in [-0.39, 0.29) is 17.4 Å². The first-order valence-corrected chi connectivity index (χ1v) is 7.20. The van der Waals surface area contributed by atoms with Gasteiger partial charge in [0.15, 0.2) is 0 Å². The molecule has 0 bridgehead atoms. The number of aromatic hydroxyl groups is 2. The number of hydrogen-bond acceptors (Lipinski definition) is 4. The third-order valence-electron chi connectivity index (χ3n) is 4.27. The van der Waals surface area contributed by atoms with Gasteiger partial charge in [0, 0.05) is 37.3 Å². The van der Waals surface area contributed by atoms with E-state index in [1.807, 2.05) is 4.90 Å². The number of carbonyl (C=O) groups excluding carboxylic acids is 1. The Balaban J connectivity index is 1.74. The van der Waals surface area contributed by atoms with Crippen LogP contribution < -0.4 is 0 Å². The van der Waals surface area contributed by atoms with Crippen molar-refractivity contribution in [3.8, 4) is 11.5 Å². The zero-order valence-corrected chi connectivity index (χ0v) is 11.5. The van der Waals surface area contributed by atoms with Crippen LogP contribution in [0.1, 0.15) is 29.6 Å². The fourth-order valence-electron chi connectivity index (χ4n) is 3.24. The van der Waals surface area contributed by atoms with Crippen molar-refractivity contribution in [1.29, 1.82) is 0 Å². The Labute approximate surface area is 118 Å². The van der Waals surface area contributed by atoms with Gasteiger partial charge in [0.25, 0.3) is 5.91 Å². The van der Waals surface area contributed by atoms with E-state index in [9.17, 15) is 15.0 Å². The second-order valence-corrected chi connectivity index (χ2v) is 5.67. The smallest absolute Gasteiger partial charge is 0.254 e. The highest BCUT2D eigenvalue weighted by Gasteiger charge is 2.31. The molecule has 1 atom stereocenters. The van der Waals surface area contributed by atoms with Crippen LogP contribution in [0.2, 0.25) is 0 Å². The van der Waals surface area contributed by atoms with Crippen molar-refractivity contribution in [1.82, 2.24) is 9.80 Å². The molecule has 5 heteroatoms. The van der Waals surface area contributed by atoms with Crippen molar-refractivity contribution in [3.63, 3.8) is 0 Å². The van der Waals surface area contributed by atoms with Crippen LogP contribution in [0.15, 0.2) is 18.2 Å². The van der Waals surface area contributed by atoms with Gasteiger partial charge >= 0.3 is 0 Å². The Kier molecular flexibility index (Phi) is 3.53. The van der Waals surface area contributed by atoms with Crippen LogP contribution in [0.25, 0.3) is 0 Å². The van der Waals surface area contributed by atoms with Crippen molar-refractivity contribution < 1.29 is 15.0 Å². The number of benzene rings is 1. The van der Waals surface area contributed by atoms with Gasteiger partial charge in [0.1, 0.15) is 11.5 Å². The molecule has 0 spiro atoms. The molecule has 3 rings (SSSR count). The van der Waals surface area contributed by atoms with Gasteiger partial charge in [0.2, 0.25) is 0 Å². The molecule has 0 radical (unpaired) electrons. The molecule has 5 nitrogen and oxygen atoms in total. The normalized spacial score (nSPS) is 23.4. The maximum Gasteiger partial charge on any atom is 0.254 e. The van der Waals surface area contributed by atoms with E-state index < -0.39 is 0 Å². The molecule has 1 amide bonds. The molecular formula is C15H20N2O3. The number of carbonyl (C=O) groups is 1. The largest absolute Gasteiger partial charge is 0.508 e. The van der Waals surface area contributed by atoms with Gasteiger partial charge in [-0.05, 0) is 31.5 Å². The Morgan fingerprint density at radius 2 is 1.80 bits per heavy atom. The highest BCUT2D eigenvalue weighted by Crippen LogP contribution is 2.25. The fraction of sp³-hybridized carbons (Fsp3) is 0.533. The van der Waals surface area contributed by atoms with Gasteiger partial charge < -0.3 is 15.1 Å². The lowest BCUT2D eigenvalue weighted by molar-refractivity contribution is 0.0372. The lowest BCUT2D eigenvalue weighted by Gasteiger charge is -2.44. The molecule has 0 aromatic heterocycles. The summed E-state index contributed by atoms with van der Waals surface area (Å²) in [4.78, 5) is 16.8. The third-order valence-corrected chi connectivity index (χ3v) is 4.27. The molecule has 2 aliphatic heterocycles. The summed E-state index contributed by atoms with van der Waals surface area (Å²) >= 11 is 0. The van der Waals surface area contributed by atoms with Gasteiger partial charge in [-0.15, -0.1) is 0 Å². The van der Waals surface area contributed by atoms with Gasteiger partial charge in [-0.1, -0.05) is 6.42 Å². The van der Waals surface area contributed by atoms with E-state index in [2.05, 4.69) is 4.90 Å². The van der Waals surface area contributed by atoms with Crippen molar-refractivity contribution in [3.05, 3.63) is 23.8 Å². The number of piperidine rings is 1. The van der Waals surface area contributed by atoms with E-state index in [0.717, 1.165) is 26.1 Å². The molecule has 0 aliphatic carbocycles. The number of hydrogen-bond donors (Lipinski definition) is 2. The Morgan fingerprint density at radius 1 is 1.05 bits per heavy atom. The number of fused-ring (bicyclic) bond motifs is 1. The van der Waals surface area contributed by atoms with Crippen LogP contribution in [-0.2, 0) is 0 Å². The number of nitrogens with zero attached hydrogens (tertiary/aromatic N) is 2. The molecule has 0 saturated carbocycles. The van der Waals surface area contributed by atoms with Crippen LogP contribution >= 0.6 is 0 Å². The lowest BCUT2D eigenvalue weighted by Crippen LogP contribution is -2.56. The van der Waals surface area contributed by atoms with Gasteiger partial charge in [-0.3, -0.25) is 9.69 Å². The number of phenolic OH excluding ortho intramolecular Hbond substituents is 2. The second-order valence-electron chi connectivity index (χ2n) is 5.67. The molecule has 108 valence electrons. The summed E-state index contributed by atoms with van der Waals surface area (Å²) in [6, 6.07) is 4.52. The van der Waals surface area contributed by atoms with Gasteiger partial charge in [-0.2, -0.15) is 0 Å². The van der Waals surface area contributed by atoms with Gasteiger partial charge in [-0.25, -0.2) is 0 Å². The minimum Gasteiger partial charge on any atom is -0.508 e. The molecule has 1 unspecified atom stereocenters. The third kappa shape index (κ3) is 2.58. The summed E-state index contributed by atoms with van der Waals surface area (Å²) in [5.74, 6) is -0.268. The SMILES string of the molecule is O=C(c1cc(O)cc(O)c1)N1CCN2CCCCC2C1. The fourth-order valence-corrected chi connectivity index (χ4v) is 3.24. The molecular weight excluding hydrogens is 256 g/mol. The second kappa shape index (κ2) is 5.32. The predicted molar refractivity (Wildman–Crippen MR) is 74.9 cm³/mol. The van der Waals surface area contributed by atoms with E-state index in [4.69, 9.17) is 0 Å². The zero-order chi connectivity index (χ0) is 14.1. The van der Waals surface area contributed by atoms with Crippen molar-refractivity contribution >= 4 is 5.91 Å². The number of phenols is 2. The van der Waals surface area contributed by atoms with E-state index in [1.54, 1.807) is 0 Å². The minimum atomic E-state index is -0.110. The molecule has 1 aromatic rings. The van der Waals surface area contributed by atoms with Crippen molar-refractivity contribution in [2.24, 2.45) is 0 Å². The molecule has 2 N–H and O–H groups in total. The monoisotopic (exact) mass is 276 g/mol. The molecule has 2 heterocycles. The first-order valence-electron chi connectivity index (χ1n) is 7.20. The van der Waals surface area contributed by atoms with Crippen molar-refractivity contribution in [2.75, 3.05) is 26.2 Å². The summed E-state index contributed by atoms with van der Waals surface area (Å²) in [5, 5.41) is 19.0. The van der Waals surface area contributed by atoms with E-state index in [1.165, 1.54) is 31.0 Å². The lowest BCUT2D eigenvalue weighted by atomic mass is 9.99. The van der Waals surface area contributed by atoms with Crippen LogP contribution in [0.3, 0.4) is 0 Å². The Bertz CT molecular complexity index is 498. The maximum atomic E-state index is 12.5. The van der Waals surface area contributed by atoms with E-state index in [0.29, 0.717) is 18.2 Å². The molecule has 2 saturated heterocycles. The standard InChI is InChI=1S/C15H20N2O3/c18-13-7-11(8-14(19)9-13)15(20)17-6-5-16-4-2-1-3-12(16)10-17/h7-9,12,18-19H,1-6,10H2. The molecule has 2 aliphatic rings. The van der Waals surface area contributed by atoms with Crippen LogP contribution in [-0.4, -0.2) is 58.1 Å². The summed E-state index contributed by atoms with van der Waals surface area (Å²) in [6.45, 7) is 3.52. The summed E-state index contributed by atoms with van der Waals surface area (Å²) in [6.07, 6.45) is 3.63. The van der Waals surface area contributed by atoms with Gasteiger partial charge in [0.05, 0.1) is 0 Å². The zero-order valence-electron chi connectivity index (χ0n) is 11.5. The maximum absolute atomic E-state index is 12.5. The van der Waals surface area contributed by atoms with Crippen LogP contribution in [0, 0.1) is 0 Å². The number of amides is 1. The first-order chi connectivity index (χ1) is 9.63. The van der Waals surface area contributed by atoms with Crippen LogP contribution in [0.5, 0.6) is 11.5 Å². The highest BCUT2D eigenvalue weighted by molar-refractivity contribution is 5.95. The highest BCUT2D eigenvalue weighted by atomic mass is 16.3. The molecule has 2 fully saturated rings. The predicted octanol–water partition coefficient (Wildman–Crippen LogP) is 1.41. The minimum absolute atomic E-state index is 0.0790. The molecule has 20 heavy (non-hydrogen) atoms. The topological polar surface area (TPSA) is 64.0 Å². The summed E-state index contributed by atoms with van der Waals surface area (Å²) < 4.78 is 0. The average molecular weight is 276 g/mol. The Morgan fingerprint density at radius 3 is 2.55 bits per heavy atom. The van der Waals surface area contributed by atoms with E-state index >= 15 is 0 Å². The number of piperazine rings is 1. The average Bonchev–Trinajstić information content (AvgIpc) is 2.45. The summed E-state index contributed by atoms with van der Waals surface area (Å²) in [5.41, 5.74) is 0.353. The first kappa shape index (κ1) is 13.2. The van der Waals surface area contributed by atoms with Crippen LogP contribution in [0.4, 0.5) is 0 Å². The quantitative estimate of drug-likeness (QED) is 0.814. The number of rotatable bonds is 1. The Hall–Kier alpha value is -1.75.